The molecule has 2 aromatic rings. The molecule has 1 aromatic carbocycles. The number of carbonyl (C=O) groups excluding carboxylic acids is 1. The largest absolute Gasteiger partial charge is 0.449 e. The lowest BCUT2D eigenvalue weighted by Crippen LogP contribution is -2.38. The van der Waals surface area contributed by atoms with Gasteiger partial charge in [0.15, 0.2) is 0 Å². The molecule has 0 fully saturated rings. The van der Waals surface area contributed by atoms with Crippen molar-refractivity contribution in [3.63, 3.8) is 0 Å². The van der Waals surface area contributed by atoms with Gasteiger partial charge in [0, 0.05) is 25.7 Å². The average Bonchev–Trinajstić information content (AvgIpc) is 2.71. The van der Waals surface area contributed by atoms with Gasteiger partial charge < -0.3 is 9.84 Å². The van der Waals surface area contributed by atoms with Crippen molar-refractivity contribution in [3.8, 4) is 11.1 Å². The summed E-state index contributed by atoms with van der Waals surface area (Å²) in [5.41, 5.74) is 4.08. The van der Waals surface area contributed by atoms with Crippen molar-refractivity contribution in [3.05, 3.63) is 46.9 Å². The number of benzene rings is 1. The summed E-state index contributed by atoms with van der Waals surface area (Å²) in [5.74, 6) is 0.344. The second-order valence-electron chi connectivity index (χ2n) is 9.65. The summed E-state index contributed by atoms with van der Waals surface area (Å²) < 4.78 is 19.2. The summed E-state index contributed by atoms with van der Waals surface area (Å²) in [7, 11) is -1.31. The highest BCUT2D eigenvalue weighted by molar-refractivity contribution is 6.76. The van der Waals surface area contributed by atoms with E-state index in [1.807, 2.05) is 13.8 Å². The van der Waals surface area contributed by atoms with Gasteiger partial charge in [-0.2, -0.15) is 0 Å². The molecule has 1 aromatic heterocycles. The third-order valence-electron chi connectivity index (χ3n) is 5.61. The Labute approximate surface area is 185 Å². The fourth-order valence-corrected chi connectivity index (χ4v) is 4.67. The van der Waals surface area contributed by atoms with E-state index in [9.17, 15) is 14.3 Å². The van der Waals surface area contributed by atoms with Crippen molar-refractivity contribution in [1.29, 1.82) is 0 Å². The van der Waals surface area contributed by atoms with Crippen molar-refractivity contribution >= 4 is 20.0 Å². The molecule has 0 bridgehead atoms. The molecular weight excluding hydrogens is 411 g/mol. The van der Waals surface area contributed by atoms with Crippen molar-refractivity contribution in [1.82, 2.24) is 4.98 Å². The predicted octanol–water partition coefficient (Wildman–Crippen LogP) is 5.73. The summed E-state index contributed by atoms with van der Waals surface area (Å²) in [4.78, 5) is 19.4. The molecule has 0 saturated carbocycles. The van der Waals surface area contributed by atoms with Gasteiger partial charge in [0.1, 0.15) is 11.6 Å². The van der Waals surface area contributed by atoms with Crippen LogP contribution < -0.4 is 4.90 Å². The predicted molar refractivity (Wildman–Crippen MR) is 125 cm³/mol. The van der Waals surface area contributed by atoms with Crippen LogP contribution in [-0.2, 0) is 17.8 Å². The molecule has 31 heavy (non-hydrogen) atoms. The second-order valence-corrected chi connectivity index (χ2v) is 15.3. The Morgan fingerprint density at radius 1 is 1.26 bits per heavy atom. The lowest BCUT2D eigenvalue weighted by Gasteiger charge is -2.32. The van der Waals surface area contributed by atoms with E-state index in [0.717, 1.165) is 46.8 Å². The number of nitrogens with zero attached hydrogens (tertiary/aromatic N) is 2. The first-order valence-corrected chi connectivity index (χ1v) is 14.7. The van der Waals surface area contributed by atoms with Crippen LogP contribution in [0, 0.1) is 5.82 Å². The van der Waals surface area contributed by atoms with E-state index in [1.54, 1.807) is 17.0 Å². The number of aliphatic hydroxyl groups excluding tert-OH is 1. The highest BCUT2D eigenvalue weighted by Gasteiger charge is 2.31. The molecule has 3 rings (SSSR count). The number of ether oxygens (including phenoxy) is 1. The molecule has 0 saturated heterocycles. The van der Waals surface area contributed by atoms with Crippen LogP contribution in [-0.4, -0.2) is 37.4 Å². The molecule has 0 spiro atoms. The van der Waals surface area contributed by atoms with E-state index in [0.29, 0.717) is 19.0 Å². The fraction of sp³-hybridized carbons (Fsp3) is 0.500. The Morgan fingerprint density at radius 2 is 1.94 bits per heavy atom. The highest BCUT2D eigenvalue weighted by Crippen LogP contribution is 2.40. The number of hydrogen-bond donors (Lipinski definition) is 1. The van der Waals surface area contributed by atoms with Gasteiger partial charge in [0.05, 0.1) is 18.9 Å². The summed E-state index contributed by atoms with van der Waals surface area (Å²) in [6.45, 7) is 11.6. The van der Waals surface area contributed by atoms with Gasteiger partial charge >= 0.3 is 6.09 Å². The zero-order valence-electron chi connectivity index (χ0n) is 19.2. The van der Waals surface area contributed by atoms with E-state index in [1.165, 1.54) is 12.1 Å². The van der Waals surface area contributed by atoms with E-state index in [4.69, 9.17) is 9.72 Å². The standard InChI is InChI=1S/C24H33FN2O3Si/c1-16(2)22-20(15-28)21(17-8-10-18(25)11-9-17)19-7-6-12-27(23(19)26-22)24(29)30-13-14-31(3,4)5/h8-11,16,28H,6-7,12-15H2,1-5H3. The van der Waals surface area contributed by atoms with Gasteiger partial charge in [-0.1, -0.05) is 45.6 Å². The minimum Gasteiger partial charge on any atom is -0.449 e. The Hall–Kier alpha value is -2.25. The normalized spacial score (nSPS) is 14.0. The number of carbonyl (C=O) groups is 1. The van der Waals surface area contributed by atoms with Gasteiger partial charge in [-0.25, -0.2) is 14.2 Å². The average molecular weight is 445 g/mol. The summed E-state index contributed by atoms with van der Waals surface area (Å²) in [6.07, 6.45) is 1.14. The van der Waals surface area contributed by atoms with E-state index < -0.39 is 8.07 Å². The number of anilines is 1. The first-order valence-electron chi connectivity index (χ1n) is 11.0. The van der Waals surface area contributed by atoms with Crippen LogP contribution in [0.3, 0.4) is 0 Å². The van der Waals surface area contributed by atoms with E-state index in [-0.39, 0.29) is 24.4 Å². The molecule has 0 radical (unpaired) electrons. The smallest absolute Gasteiger partial charge is 0.415 e. The molecule has 1 aliphatic heterocycles. The van der Waals surface area contributed by atoms with Crippen LogP contribution in [0.2, 0.25) is 25.7 Å². The summed E-state index contributed by atoms with van der Waals surface area (Å²) in [6, 6.07) is 7.19. The molecule has 5 nitrogen and oxygen atoms in total. The first-order chi connectivity index (χ1) is 14.6. The maximum Gasteiger partial charge on any atom is 0.415 e. The monoisotopic (exact) mass is 444 g/mol. The minimum atomic E-state index is -1.31. The summed E-state index contributed by atoms with van der Waals surface area (Å²) in [5, 5.41) is 10.2. The number of aliphatic hydroxyl groups is 1. The van der Waals surface area contributed by atoms with Crippen molar-refractivity contribution in [2.75, 3.05) is 18.1 Å². The lowest BCUT2D eigenvalue weighted by molar-refractivity contribution is 0.158. The molecule has 0 aliphatic carbocycles. The first kappa shape index (κ1) is 23.4. The molecule has 1 aliphatic rings. The maximum absolute atomic E-state index is 13.6. The molecular formula is C24H33FN2O3Si. The van der Waals surface area contributed by atoms with Crippen molar-refractivity contribution < 1.29 is 19.0 Å². The number of pyridine rings is 1. The Morgan fingerprint density at radius 3 is 2.52 bits per heavy atom. The zero-order chi connectivity index (χ0) is 22.8. The zero-order valence-corrected chi connectivity index (χ0v) is 20.2. The molecule has 1 amide bonds. The third kappa shape index (κ3) is 5.33. The van der Waals surface area contributed by atoms with E-state index in [2.05, 4.69) is 19.6 Å². The van der Waals surface area contributed by atoms with Crippen LogP contribution in [0.5, 0.6) is 0 Å². The Kier molecular flexibility index (Phi) is 7.16. The number of hydrogen-bond acceptors (Lipinski definition) is 4. The second kappa shape index (κ2) is 9.49. The SMILES string of the molecule is CC(C)c1nc2c(c(-c3ccc(F)cc3)c1CO)CCCN2C(=O)OCC[Si](C)(C)C. The maximum atomic E-state index is 13.6. The van der Waals surface area contributed by atoms with Crippen LogP contribution in [0.4, 0.5) is 15.0 Å². The van der Waals surface area contributed by atoms with E-state index >= 15 is 0 Å². The number of amides is 1. The van der Waals surface area contributed by atoms with Gasteiger partial charge in [-0.3, -0.25) is 4.90 Å². The Balaban J connectivity index is 2.08. The fourth-order valence-electron chi connectivity index (χ4n) is 3.95. The van der Waals surface area contributed by atoms with Crippen LogP contribution >= 0.6 is 0 Å². The third-order valence-corrected chi connectivity index (χ3v) is 7.31. The molecule has 1 N–H and O–H groups in total. The molecule has 2 heterocycles. The number of fused-ring (bicyclic) bond motifs is 1. The van der Waals surface area contributed by atoms with Crippen LogP contribution in [0.15, 0.2) is 24.3 Å². The van der Waals surface area contributed by atoms with Gasteiger partial charge in [-0.05, 0) is 48.1 Å². The van der Waals surface area contributed by atoms with Crippen molar-refractivity contribution in [2.45, 2.75) is 64.9 Å². The van der Waals surface area contributed by atoms with Gasteiger partial charge in [-0.15, -0.1) is 0 Å². The van der Waals surface area contributed by atoms with Crippen LogP contribution in [0.1, 0.15) is 43.0 Å². The van der Waals surface area contributed by atoms with Gasteiger partial charge in [0.25, 0.3) is 0 Å². The molecule has 168 valence electrons. The quantitative estimate of drug-likeness (QED) is 0.578. The number of halogens is 1. The minimum absolute atomic E-state index is 0.0540. The van der Waals surface area contributed by atoms with Gasteiger partial charge in [0.2, 0.25) is 0 Å². The highest BCUT2D eigenvalue weighted by atomic mass is 28.3. The molecule has 0 atom stereocenters. The lowest BCUT2D eigenvalue weighted by atomic mass is 9.88. The topological polar surface area (TPSA) is 62.7 Å². The Bertz CT molecular complexity index is 939. The number of rotatable bonds is 6. The van der Waals surface area contributed by atoms with Crippen LogP contribution in [0.25, 0.3) is 11.1 Å². The molecule has 7 heteroatoms. The summed E-state index contributed by atoms with van der Waals surface area (Å²) >= 11 is 0. The number of aromatic nitrogens is 1. The van der Waals surface area contributed by atoms with Crippen molar-refractivity contribution in [2.24, 2.45) is 0 Å². The molecule has 0 unspecified atom stereocenters.